The summed E-state index contributed by atoms with van der Waals surface area (Å²) in [7, 11) is -1.63. The van der Waals surface area contributed by atoms with E-state index in [2.05, 4.69) is 15.0 Å². The van der Waals surface area contributed by atoms with E-state index in [0.29, 0.717) is 11.5 Å². The fourth-order valence-corrected chi connectivity index (χ4v) is 1.65. The zero-order chi connectivity index (χ0) is 12.4. The second-order valence-corrected chi connectivity index (χ2v) is 6.84. The normalized spacial score (nSPS) is 12.2. The summed E-state index contributed by atoms with van der Waals surface area (Å²) in [6.07, 6.45) is 1.48. The largest absolute Gasteiger partial charge is 0.373 e. The van der Waals surface area contributed by atoms with Crippen molar-refractivity contribution in [2.24, 2.45) is 0 Å². The number of nitrogens with zero attached hydrogens (tertiary/aromatic N) is 1. The molecule has 0 saturated carbocycles. The SMILES string of the molecule is CNc1ccc(NS(=O)(=O)C(C)(C)C)cn1. The van der Waals surface area contributed by atoms with Crippen LogP contribution in [0.1, 0.15) is 20.8 Å². The zero-order valence-corrected chi connectivity index (χ0v) is 10.7. The molecule has 2 N–H and O–H groups in total. The van der Waals surface area contributed by atoms with E-state index in [1.807, 2.05) is 0 Å². The molecule has 0 amide bonds. The summed E-state index contributed by atoms with van der Waals surface area (Å²) < 4.78 is 25.3. The predicted octanol–water partition coefficient (Wildman–Crippen LogP) is 1.66. The molecule has 0 radical (unpaired) electrons. The fraction of sp³-hybridized carbons (Fsp3) is 0.500. The quantitative estimate of drug-likeness (QED) is 0.847. The first-order valence-electron chi connectivity index (χ1n) is 4.92. The summed E-state index contributed by atoms with van der Waals surface area (Å²) in [5.74, 6) is 0.693. The number of anilines is 2. The van der Waals surface area contributed by atoms with Crippen molar-refractivity contribution in [2.75, 3.05) is 17.1 Å². The second kappa shape index (κ2) is 4.29. The van der Waals surface area contributed by atoms with Gasteiger partial charge in [0.25, 0.3) is 0 Å². The zero-order valence-electron chi connectivity index (χ0n) is 9.90. The molecule has 0 atom stereocenters. The van der Waals surface area contributed by atoms with Crippen LogP contribution >= 0.6 is 0 Å². The summed E-state index contributed by atoms with van der Waals surface area (Å²) in [6.45, 7) is 4.93. The van der Waals surface area contributed by atoms with E-state index >= 15 is 0 Å². The van der Waals surface area contributed by atoms with Gasteiger partial charge in [-0.2, -0.15) is 0 Å². The third-order valence-corrected chi connectivity index (χ3v) is 4.19. The number of aromatic nitrogens is 1. The van der Waals surface area contributed by atoms with Crippen LogP contribution in [0.5, 0.6) is 0 Å². The molecule has 1 aromatic heterocycles. The number of nitrogens with one attached hydrogen (secondary N) is 2. The van der Waals surface area contributed by atoms with Gasteiger partial charge in [0.2, 0.25) is 10.0 Å². The number of pyridine rings is 1. The molecule has 0 spiro atoms. The van der Waals surface area contributed by atoms with Crippen molar-refractivity contribution in [2.45, 2.75) is 25.5 Å². The Hall–Kier alpha value is -1.30. The topological polar surface area (TPSA) is 71.1 Å². The van der Waals surface area contributed by atoms with Crippen LogP contribution in [0.25, 0.3) is 0 Å². The minimum Gasteiger partial charge on any atom is -0.373 e. The molecule has 0 aliphatic rings. The van der Waals surface area contributed by atoms with E-state index in [-0.39, 0.29) is 0 Å². The Morgan fingerprint density at radius 1 is 1.25 bits per heavy atom. The van der Waals surface area contributed by atoms with Gasteiger partial charge in [-0.15, -0.1) is 0 Å². The van der Waals surface area contributed by atoms with Gasteiger partial charge < -0.3 is 5.32 Å². The lowest BCUT2D eigenvalue weighted by molar-refractivity contribution is 0.566. The lowest BCUT2D eigenvalue weighted by atomic mass is 10.3. The van der Waals surface area contributed by atoms with Gasteiger partial charge in [-0.25, -0.2) is 13.4 Å². The highest BCUT2D eigenvalue weighted by atomic mass is 32.2. The summed E-state index contributed by atoms with van der Waals surface area (Å²) in [5.41, 5.74) is 0.467. The van der Waals surface area contributed by atoms with Crippen LogP contribution in [0, 0.1) is 0 Å². The van der Waals surface area contributed by atoms with E-state index in [1.165, 1.54) is 6.20 Å². The van der Waals surface area contributed by atoms with Gasteiger partial charge in [0.15, 0.2) is 0 Å². The molecule has 0 bridgehead atoms. The Balaban J connectivity index is 2.89. The van der Waals surface area contributed by atoms with Gasteiger partial charge in [-0.3, -0.25) is 4.72 Å². The molecule has 0 unspecified atom stereocenters. The lowest BCUT2D eigenvalue weighted by Crippen LogP contribution is -2.33. The number of rotatable bonds is 3. The first-order valence-corrected chi connectivity index (χ1v) is 6.41. The molecule has 0 aliphatic carbocycles. The van der Waals surface area contributed by atoms with E-state index in [1.54, 1.807) is 40.0 Å². The third kappa shape index (κ3) is 2.85. The highest BCUT2D eigenvalue weighted by Crippen LogP contribution is 2.19. The summed E-state index contributed by atoms with van der Waals surface area (Å²) in [6, 6.07) is 3.38. The average molecular weight is 243 g/mol. The Morgan fingerprint density at radius 2 is 1.88 bits per heavy atom. The smallest absolute Gasteiger partial charge is 0.237 e. The number of hydrogen-bond donors (Lipinski definition) is 2. The molecular weight excluding hydrogens is 226 g/mol. The fourth-order valence-electron chi connectivity index (χ4n) is 0.910. The molecule has 1 aromatic rings. The highest BCUT2D eigenvalue weighted by Gasteiger charge is 2.28. The molecule has 0 saturated heterocycles. The summed E-state index contributed by atoms with van der Waals surface area (Å²) in [4.78, 5) is 4.03. The number of sulfonamides is 1. The van der Waals surface area contributed by atoms with E-state index in [4.69, 9.17) is 0 Å². The van der Waals surface area contributed by atoms with Crippen LogP contribution in [-0.2, 0) is 10.0 Å². The first-order chi connectivity index (χ1) is 7.26. The minimum absolute atomic E-state index is 0.467. The van der Waals surface area contributed by atoms with Crippen LogP contribution in [0.15, 0.2) is 18.3 Å². The van der Waals surface area contributed by atoms with Gasteiger partial charge in [-0.05, 0) is 32.9 Å². The second-order valence-electron chi connectivity index (χ2n) is 4.40. The van der Waals surface area contributed by atoms with E-state index in [9.17, 15) is 8.42 Å². The van der Waals surface area contributed by atoms with Crippen molar-refractivity contribution in [1.29, 1.82) is 0 Å². The molecule has 16 heavy (non-hydrogen) atoms. The molecule has 1 heterocycles. The summed E-state index contributed by atoms with van der Waals surface area (Å²) in [5, 5.41) is 2.86. The maximum atomic E-state index is 11.8. The minimum atomic E-state index is -3.38. The average Bonchev–Trinajstić information content (AvgIpc) is 2.16. The number of hydrogen-bond acceptors (Lipinski definition) is 4. The van der Waals surface area contributed by atoms with Crippen LogP contribution < -0.4 is 10.0 Å². The predicted molar refractivity (Wildman–Crippen MR) is 66.1 cm³/mol. The molecule has 6 heteroatoms. The molecule has 90 valence electrons. The molecule has 0 fully saturated rings. The van der Waals surface area contributed by atoms with Crippen molar-refractivity contribution in [3.05, 3.63) is 18.3 Å². The Bertz CT molecular complexity index is 446. The Labute approximate surface area is 96.3 Å². The van der Waals surface area contributed by atoms with Gasteiger partial charge in [0.1, 0.15) is 5.82 Å². The van der Waals surface area contributed by atoms with E-state index in [0.717, 1.165) is 0 Å². The van der Waals surface area contributed by atoms with Crippen molar-refractivity contribution < 1.29 is 8.42 Å². The van der Waals surface area contributed by atoms with Crippen LogP contribution in [-0.4, -0.2) is 25.2 Å². The molecule has 1 rings (SSSR count). The van der Waals surface area contributed by atoms with Crippen molar-refractivity contribution in [3.8, 4) is 0 Å². The maximum Gasteiger partial charge on any atom is 0.237 e. The van der Waals surface area contributed by atoms with Crippen LogP contribution in [0.2, 0.25) is 0 Å². The lowest BCUT2D eigenvalue weighted by Gasteiger charge is -2.20. The van der Waals surface area contributed by atoms with Crippen molar-refractivity contribution in [1.82, 2.24) is 4.98 Å². The van der Waals surface area contributed by atoms with Gasteiger partial charge in [0.05, 0.1) is 16.6 Å². The first kappa shape index (κ1) is 12.8. The van der Waals surface area contributed by atoms with E-state index < -0.39 is 14.8 Å². The standard InChI is InChI=1S/C10H17N3O2S/c1-10(2,3)16(14,15)13-8-5-6-9(11-4)12-7-8/h5-7,13H,1-4H3,(H,11,12). The van der Waals surface area contributed by atoms with Crippen LogP contribution in [0.3, 0.4) is 0 Å². The molecular formula is C10H17N3O2S. The summed E-state index contributed by atoms with van der Waals surface area (Å²) >= 11 is 0. The molecule has 5 nitrogen and oxygen atoms in total. The van der Waals surface area contributed by atoms with Crippen LogP contribution in [0.4, 0.5) is 11.5 Å². The van der Waals surface area contributed by atoms with Crippen molar-refractivity contribution >= 4 is 21.5 Å². The Kier molecular flexibility index (Phi) is 3.42. The van der Waals surface area contributed by atoms with Gasteiger partial charge in [0, 0.05) is 7.05 Å². The Morgan fingerprint density at radius 3 is 2.25 bits per heavy atom. The highest BCUT2D eigenvalue weighted by molar-refractivity contribution is 7.94. The van der Waals surface area contributed by atoms with Crippen molar-refractivity contribution in [3.63, 3.8) is 0 Å². The monoisotopic (exact) mass is 243 g/mol. The molecule has 0 aliphatic heterocycles. The third-order valence-electron chi connectivity index (χ3n) is 2.08. The maximum absolute atomic E-state index is 11.8. The molecule has 0 aromatic carbocycles. The van der Waals surface area contributed by atoms with Gasteiger partial charge >= 0.3 is 0 Å². The van der Waals surface area contributed by atoms with Gasteiger partial charge in [-0.1, -0.05) is 0 Å².